The summed E-state index contributed by atoms with van der Waals surface area (Å²) >= 11 is 5.47. The fraction of sp³-hybridized carbons (Fsp3) is 0.552. The number of carbonyl (C=O) groups is 3. The number of hydrogen-bond acceptors (Lipinski definition) is 5. The Kier molecular flexibility index (Phi) is 8.79. The number of amides is 3. The van der Waals surface area contributed by atoms with Gasteiger partial charge in [0.15, 0.2) is 0 Å². The molecule has 1 N–H and O–H groups in total. The summed E-state index contributed by atoms with van der Waals surface area (Å²) in [6.45, 7) is 12.7. The van der Waals surface area contributed by atoms with E-state index < -0.39 is 22.6 Å². The number of alkyl halides is 1. The molecule has 2 bridgehead atoms. The molecule has 3 unspecified atom stereocenters. The Morgan fingerprint density at radius 3 is 2.45 bits per heavy atom. The number of fused-ring (bicyclic) bond motifs is 1. The number of aliphatic hydroxyl groups excluding tert-OH is 1. The third-order valence-electron chi connectivity index (χ3n) is 8.18. The van der Waals surface area contributed by atoms with Crippen LogP contribution < -0.4 is 4.90 Å². The van der Waals surface area contributed by atoms with Crippen LogP contribution in [0.25, 0.3) is 0 Å². The van der Waals surface area contributed by atoms with E-state index in [9.17, 15) is 19.5 Å². The van der Waals surface area contributed by atoms with Crippen molar-refractivity contribution in [3.05, 3.63) is 54.6 Å². The summed E-state index contributed by atoms with van der Waals surface area (Å²) in [7, 11) is 1.74. The van der Waals surface area contributed by atoms with Crippen molar-refractivity contribution in [2.24, 2.45) is 11.8 Å². The second kappa shape index (κ2) is 11.6. The van der Waals surface area contributed by atoms with Crippen LogP contribution in [0.15, 0.2) is 43.5 Å². The van der Waals surface area contributed by atoms with Gasteiger partial charge in [0.2, 0.25) is 11.8 Å². The number of thioether (sulfide) groups is 1. The number of para-hydroxylation sites is 1. The number of halogens is 1. The lowest BCUT2D eigenvalue weighted by molar-refractivity contribution is -0.143. The number of anilines is 1. The molecule has 0 saturated carbocycles. The van der Waals surface area contributed by atoms with Gasteiger partial charge in [-0.25, -0.2) is 0 Å². The highest BCUT2D eigenvalue weighted by Gasteiger charge is 2.76. The van der Waals surface area contributed by atoms with Crippen molar-refractivity contribution in [2.45, 2.75) is 54.0 Å². The van der Waals surface area contributed by atoms with Crippen LogP contribution in [0.5, 0.6) is 0 Å². The van der Waals surface area contributed by atoms with Crippen molar-refractivity contribution >= 4 is 51.1 Å². The first-order valence-corrected chi connectivity index (χ1v) is 15.0. The molecule has 1 aromatic carbocycles. The van der Waals surface area contributed by atoms with Crippen molar-refractivity contribution in [3.63, 3.8) is 0 Å². The minimum atomic E-state index is -0.713. The Balaban J connectivity index is 1.81. The quantitative estimate of drug-likeness (QED) is 0.237. The van der Waals surface area contributed by atoms with Gasteiger partial charge in [0.1, 0.15) is 6.04 Å². The molecule has 3 aliphatic rings. The molecule has 1 aromatic rings. The predicted octanol–water partition coefficient (Wildman–Crippen LogP) is 3.70. The monoisotopic (exact) mass is 603 g/mol. The number of nitrogens with zero attached hydrogens (tertiary/aromatic N) is 3. The maximum Gasteiger partial charge on any atom is 0.251 e. The van der Waals surface area contributed by atoms with Gasteiger partial charge >= 0.3 is 0 Å². The Labute approximate surface area is 238 Å². The molecule has 7 nitrogen and oxygen atoms in total. The van der Waals surface area contributed by atoms with E-state index in [0.29, 0.717) is 38.9 Å². The van der Waals surface area contributed by atoms with Crippen LogP contribution in [-0.4, -0.2) is 86.8 Å². The molecule has 3 fully saturated rings. The summed E-state index contributed by atoms with van der Waals surface area (Å²) in [5, 5.41) is 9.33. The lowest BCUT2D eigenvalue weighted by Crippen LogP contribution is -2.56. The van der Waals surface area contributed by atoms with E-state index in [0.717, 1.165) is 16.8 Å². The predicted molar refractivity (Wildman–Crippen MR) is 157 cm³/mol. The molecule has 0 aromatic heterocycles. The normalized spacial score (nSPS) is 29.3. The number of likely N-dealkylation sites (tertiary alicyclic amines) is 1. The van der Waals surface area contributed by atoms with Crippen LogP contribution in [-0.2, 0) is 14.4 Å². The van der Waals surface area contributed by atoms with Gasteiger partial charge < -0.3 is 19.8 Å². The van der Waals surface area contributed by atoms with Crippen LogP contribution >= 0.6 is 27.7 Å². The molecule has 4 rings (SSSR count). The minimum Gasteiger partial charge on any atom is -0.396 e. The first-order chi connectivity index (χ1) is 18.1. The topological polar surface area (TPSA) is 81.2 Å². The van der Waals surface area contributed by atoms with E-state index in [1.54, 1.807) is 45.7 Å². The average Bonchev–Trinajstić information content (AvgIpc) is 3.46. The second-order valence-electron chi connectivity index (χ2n) is 10.6. The number of aliphatic hydroxyl groups is 1. The van der Waals surface area contributed by atoms with E-state index in [4.69, 9.17) is 0 Å². The smallest absolute Gasteiger partial charge is 0.251 e. The van der Waals surface area contributed by atoms with Gasteiger partial charge in [-0.2, -0.15) is 0 Å². The van der Waals surface area contributed by atoms with Gasteiger partial charge in [-0.15, -0.1) is 24.9 Å². The number of benzene rings is 1. The molecule has 3 aliphatic heterocycles. The highest BCUT2D eigenvalue weighted by atomic mass is 79.9. The van der Waals surface area contributed by atoms with E-state index >= 15 is 0 Å². The number of carbonyl (C=O) groups excluding carboxylic acids is 3. The largest absolute Gasteiger partial charge is 0.396 e. The molecule has 9 heteroatoms. The standard InChI is InChI=1S/C29H38BrN3O4S/c1-6-13-31(5)26(35)21-22-27(36)33(15-8-9-16-34)25(29(22)17-20(30)24(21)38-29)28(37)32(14-7-2)23-18(3)11-10-12-19(23)4/h6-7,10-12,20-22,24-25,34H,1-2,8-9,13-17H2,3-5H3/t20?,21-,22+,24-,25?,29?/m1/s1. The highest BCUT2D eigenvalue weighted by molar-refractivity contribution is 9.09. The summed E-state index contributed by atoms with van der Waals surface area (Å²) < 4.78 is -0.711. The van der Waals surface area contributed by atoms with Crippen LogP contribution in [0.1, 0.15) is 30.4 Å². The second-order valence-corrected chi connectivity index (χ2v) is 13.3. The molecule has 1 spiro atoms. The van der Waals surface area contributed by atoms with Crippen molar-refractivity contribution < 1.29 is 19.5 Å². The minimum absolute atomic E-state index is 0.0170. The lowest BCUT2D eigenvalue weighted by Gasteiger charge is -2.38. The van der Waals surface area contributed by atoms with Crippen molar-refractivity contribution in [1.82, 2.24) is 9.80 Å². The maximum atomic E-state index is 14.7. The van der Waals surface area contributed by atoms with E-state index in [2.05, 4.69) is 29.1 Å². The fourth-order valence-electron chi connectivity index (χ4n) is 6.66. The molecule has 3 saturated heterocycles. The molecule has 0 aliphatic carbocycles. The zero-order chi connectivity index (χ0) is 27.8. The molecule has 38 heavy (non-hydrogen) atoms. The van der Waals surface area contributed by atoms with Crippen molar-refractivity contribution in [2.75, 3.05) is 38.2 Å². The molecular weight excluding hydrogens is 566 g/mol. The zero-order valence-electron chi connectivity index (χ0n) is 22.4. The van der Waals surface area contributed by atoms with E-state index in [1.165, 1.54) is 0 Å². The summed E-state index contributed by atoms with van der Waals surface area (Å²) in [6.07, 6.45) is 5.16. The third kappa shape index (κ3) is 4.64. The first kappa shape index (κ1) is 28.9. The van der Waals surface area contributed by atoms with Gasteiger partial charge in [0.25, 0.3) is 5.91 Å². The number of aryl methyl sites for hydroxylation is 2. The average molecular weight is 605 g/mol. The van der Waals surface area contributed by atoms with E-state index in [-0.39, 0.29) is 34.4 Å². The highest BCUT2D eigenvalue weighted by Crippen LogP contribution is 2.68. The van der Waals surface area contributed by atoms with E-state index in [1.807, 2.05) is 32.0 Å². The van der Waals surface area contributed by atoms with Gasteiger partial charge in [-0.3, -0.25) is 14.4 Å². The molecule has 206 valence electrons. The summed E-state index contributed by atoms with van der Waals surface area (Å²) in [4.78, 5) is 47.7. The summed E-state index contributed by atoms with van der Waals surface area (Å²) in [5.74, 6) is -1.42. The van der Waals surface area contributed by atoms with Gasteiger partial charge in [0, 0.05) is 49.1 Å². The number of likely N-dealkylation sites (N-methyl/N-ethyl adjacent to an activating group) is 1. The maximum absolute atomic E-state index is 14.7. The number of hydrogen-bond donors (Lipinski definition) is 1. The first-order valence-electron chi connectivity index (χ1n) is 13.2. The van der Waals surface area contributed by atoms with Crippen LogP contribution in [0.4, 0.5) is 5.69 Å². The zero-order valence-corrected chi connectivity index (χ0v) is 24.8. The Bertz CT molecular complexity index is 1110. The Morgan fingerprint density at radius 1 is 1.18 bits per heavy atom. The third-order valence-corrected chi connectivity index (χ3v) is 11.4. The van der Waals surface area contributed by atoms with Gasteiger partial charge in [0.05, 0.1) is 16.6 Å². The Hall–Kier alpha value is -2.10. The Morgan fingerprint density at radius 2 is 1.84 bits per heavy atom. The SMILES string of the molecule is C=CCN(C)C(=O)[C@H]1[C@@H]2SC3(CC2Br)C(C(=O)N(CC=C)c2c(C)cccc2C)N(CCCCO)C(=O)[C@H]13. The number of unbranched alkanes of at least 4 members (excludes halogenated alkanes) is 1. The lowest BCUT2D eigenvalue weighted by atomic mass is 9.70. The molecule has 6 atom stereocenters. The van der Waals surface area contributed by atoms with Crippen molar-refractivity contribution in [3.8, 4) is 0 Å². The number of rotatable bonds is 11. The summed E-state index contributed by atoms with van der Waals surface area (Å²) in [6, 6.07) is 5.23. The fourth-order valence-corrected chi connectivity index (χ4v) is 10.3. The van der Waals surface area contributed by atoms with Crippen molar-refractivity contribution in [1.29, 1.82) is 0 Å². The molecule has 3 heterocycles. The van der Waals surface area contributed by atoms with Gasteiger partial charge in [-0.05, 0) is 44.2 Å². The summed E-state index contributed by atoms with van der Waals surface area (Å²) in [5.41, 5.74) is 2.80. The molecule has 3 amide bonds. The van der Waals surface area contributed by atoms with Crippen LogP contribution in [0.3, 0.4) is 0 Å². The molecule has 0 radical (unpaired) electrons. The molecular formula is C29H38BrN3O4S. The van der Waals surface area contributed by atoms with Crippen LogP contribution in [0, 0.1) is 25.7 Å². The van der Waals surface area contributed by atoms with Crippen LogP contribution in [0.2, 0.25) is 0 Å². The van der Waals surface area contributed by atoms with Gasteiger partial charge in [-0.1, -0.05) is 46.3 Å².